The van der Waals surface area contributed by atoms with E-state index in [9.17, 15) is 19.7 Å². The fourth-order valence-corrected chi connectivity index (χ4v) is 3.36. The lowest BCUT2D eigenvalue weighted by Gasteiger charge is -2.11. The molecule has 35 heavy (non-hydrogen) atoms. The maximum atomic E-state index is 12.7. The van der Waals surface area contributed by atoms with Gasteiger partial charge in [0.1, 0.15) is 11.5 Å². The summed E-state index contributed by atoms with van der Waals surface area (Å²) in [5, 5.41) is 16.6. The van der Waals surface area contributed by atoms with Gasteiger partial charge in [0.25, 0.3) is 11.6 Å². The number of non-ortho nitro benzene ring substituents is 1. The summed E-state index contributed by atoms with van der Waals surface area (Å²) in [5.41, 5.74) is 3.05. The molecule has 4 aromatic rings. The average Bonchev–Trinajstić information content (AvgIpc) is 2.89. The van der Waals surface area contributed by atoms with E-state index in [4.69, 9.17) is 9.47 Å². The summed E-state index contributed by atoms with van der Waals surface area (Å²) in [6, 6.07) is 22.7. The van der Waals surface area contributed by atoms with Gasteiger partial charge in [-0.1, -0.05) is 36.4 Å². The Bertz CT molecular complexity index is 1450. The van der Waals surface area contributed by atoms with Gasteiger partial charge in [-0.05, 0) is 47.2 Å². The number of hydrogen-bond acceptors (Lipinski definition) is 7. The number of methoxy groups -OCH3 is 1. The Morgan fingerprint density at radius 2 is 1.71 bits per heavy atom. The smallest absolute Gasteiger partial charge is 0.343 e. The zero-order chi connectivity index (χ0) is 24.8. The first-order valence-corrected chi connectivity index (χ1v) is 10.4. The molecule has 4 aromatic carbocycles. The van der Waals surface area contributed by atoms with Crippen molar-refractivity contribution >= 4 is 34.6 Å². The van der Waals surface area contributed by atoms with Gasteiger partial charge in [-0.2, -0.15) is 5.10 Å². The molecule has 0 radical (unpaired) electrons. The molecule has 0 unspecified atom stereocenters. The molecule has 1 N–H and O–H groups in total. The number of nitrogens with zero attached hydrogens (tertiary/aromatic N) is 2. The molecule has 1 amide bonds. The van der Waals surface area contributed by atoms with E-state index in [2.05, 4.69) is 10.5 Å². The highest BCUT2D eigenvalue weighted by atomic mass is 16.6. The lowest BCUT2D eigenvalue weighted by molar-refractivity contribution is -0.384. The molecular formula is C26H19N3O6. The minimum absolute atomic E-state index is 0.0837. The number of fused-ring (bicyclic) bond motifs is 1. The molecule has 0 saturated carbocycles. The molecular weight excluding hydrogens is 450 g/mol. The number of ether oxygens (including phenoxy) is 2. The maximum absolute atomic E-state index is 12.7. The zero-order valence-electron chi connectivity index (χ0n) is 18.5. The number of amides is 1. The molecule has 174 valence electrons. The van der Waals surface area contributed by atoms with E-state index in [1.807, 2.05) is 30.3 Å². The molecule has 0 heterocycles. The number of nitro benzene ring substituents is 1. The lowest BCUT2D eigenvalue weighted by atomic mass is 10.0. The first-order valence-electron chi connectivity index (χ1n) is 10.4. The van der Waals surface area contributed by atoms with Gasteiger partial charge in [-0.3, -0.25) is 14.9 Å². The summed E-state index contributed by atoms with van der Waals surface area (Å²) in [6.07, 6.45) is 1.37. The van der Waals surface area contributed by atoms with Crippen LogP contribution in [0.1, 0.15) is 26.3 Å². The number of hydrogen-bond donors (Lipinski definition) is 1. The lowest BCUT2D eigenvalue weighted by Crippen LogP contribution is -2.18. The van der Waals surface area contributed by atoms with Crippen molar-refractivity contribution in [2.24, 2.45) is 5.10 Å². The second-order valence-electron chi connectivity index (χ2n) is 7.32. The molecule has 0 aliphatic heterocycles. The van der Waals surface area contributed by atoms with Crippen LogP contribution in [0.2, 0.25) is 0 Å². The Labute approximate surface area is 199 Å². The van der Waals surface area contributed by atoms with Crippen LogP contribution in [0.5, 0.6) is 11.5 Å². The fourth-order valence-electron chi connectivity index (χ4n) is 3.36. The van der Waals surface area contributed by atoms with Gasteiger partial charge in [0.2, 0.25) is 0 Å². The van der Waals surface area contributed by atoms with Crippen LogP contribution in [0.15, 0.2) is 90.0 Å². The van der Waals surface area contributed by atoms with E-state index in [0.717, 1.165) is 16.8 Å². The van der Waals surface area contributed by atoms with Gasteiger partial charge in [0.15, 0.2) is 0 Å². The van der Waals surface area contributed by atoms with Crippen molar-refractivity contribution in [3.8, 4) is 11.5 Å². The Morgan fingerprint density at radius 1 is 0.943 bits per heavy atom. The Hall–Kier alpha value is -5.05. The quantitative estimate of drug-likeness (QED) is 0.137. The van der Waals surface area contributed by atoms with Crippen LogP contribution in [-0.2, 0) is 0 Å². The van der Waals surface area contributed by atoms with E-state index < -0.39 is 16.8 Å². The van der Waals surface area contributed by atoms with Crippen LogP contribution in [0.4, 0.5) is 5.69 Å². The molecule has 0 fully saturated rings. The standard InChI is InChI=1S/C26H19N3O6/c1-34-21-12-9-18(10-13-21)26(31)35-24-14-11-17-5-2-3-8-22(17)23(24)16-27-28-25(30)19-6-4-7-20(15-19)29(32)33/h2-16H,1H3,(H,28,30)/b27-16+. The molecule has 0 aliphatic rings. The Balaban J connectivity index is 1.60. The van der Waals surface area contributed by atoms with Crippen LogP contribution in [0.25, 0.3) is 10.8 Å². The normalized spacial score (nSPS) is 10.8. The van der Waals surface area contributed by atoms with Gasteiger partial charge in [0, 0.05) is 23.3 Å². The molecule has 0 saturated heterocycles. The van der Waals surface area contributed by atoms with Crippen LogP contribution in [-0.4, -0.2) is 30.1 Å². The first kappa shape index (κ1) is 23.1. The van der Waals surface area contributed by atoms with Gasteiger partial charge in [-0.25, -0.2) is 10.2 Å². The molecule has 4 rings (SSSR count). The number of nitro groups is 1. The van der Waals surface area contributed by atoms with Crippen molar-refractivity contribution in [3.05, 3.63) is 112 Å². The fraction of sp³-hybridized carbons (Fsp3) is 0.0385. The van der Waals surface area contributed by atoms with Gasteiger partial charge in [-0.15, -0.1) is 0 Å². The second-order valence-corrected chi connectivity index (χ2v) is 7.32. The third-order valence-corrected chi connectivity index (χ3v) is 5.14. The van der Waals surface area contributed by atoms with E-state index >= 15 is 0 Å². The van der Waals surface area contributed by atoms with Crippen molar-refractivity contribution in [2.75, 3.05) is 7.11 Å². The van der Waals surface area contributed by atoms with Crippen molar-refractivity contribution < 1.29 is 24.0 Å². The van der Waals surface area contributed by atoms with Crippen molar-refractivity contribution in [3.63, 3.8) is 0 Å². The predicted molar refractivity (Wildman–Crippen MR) is 130 cm³/mol. The molecule has 0 spiro atoms. The number of hydrazone groups is 1. The third-order valence-electron chi connectivity index (χ3n) is 5.14. The highest BCUT2D eigenvalue weighted by Crippen LogP contribution is 2.27. The average molecular weight is 469 g/mol. The summed E-state index contributed by atoms with van der Waals surface area (Å²) in [4.78, 5) is 35.5. The summed E-state index contributed by atoms with van der Waals surface area (Å²) in [6.45, 7) is 0. The summed E-state index contributed by atoms with van der Waals surface area (Å²) < 4.78 is 10.7. The van der Waals surface area contributed by atoms with Crippen LogP contribution in [0.3, 0.4) is 0 Å². The summed E-state index contributed by atoms with van der Waals surface area (Å²) >= 11 is 0. The van der Waals surface area contributed by atoms with Gasteiger partial charge in [0.05, 0.1) is 23.8 Å². The summed E-state index contributed by atoms with van der Waals surface area (Å²) in [7, 11) is 1.53. The number of rotatable bonds is 7. The van der Waals surface area contributed by atoms with E-state index in [-0.39, 0.29) is 17.0 Å². The number of carbonyl (C=O) groups excluding carboxylic acids is 2. The molecule has 9 heteroatoms. The van der Waals surface area contributed by atoms with Crippen molar-refractivity contribution in [2.45, 2.75) is 0 Å². The SMILES string of the molecule is COc1ccc(C(=O)Oc2ccc3ccccc3c2/C=N/NC(=O)c2cccc([N+](=O)[O-])c2)cc1. The topological polar surface area (TPSA) is 120 Å². The summed E-state index contributed by atoms with van der Waals surface area (Å²) in [5.74, 6) is -0.336. The van der Waals surface area contributed by atoms with E-state index in [1.165, 1.54) is 31.5 Å². The van der Waals surface area contributed by atoms with E-state index in [0.29, 0.717) is 16.9 Å². The van der Waals surface area contributed by atoms with Gasteiger partial charge >= 0.3 is 5.97 Å². The highest BCUT2D eigenvalue weighted by molar-refractivity contribution is 6.04. The monoisotopic (exact) mass is 469 g/mol. The Morgan fingerprint density at radius 3 is 2.46 bits per heavy atom. The number of esters is 1. The second kappa shape index (κ2) is 10.3. The van der Waals surface area contributed by atoms with Gasteiger partial charge < -0.3 is 9.47 Å². The number of carbonyl (C=O) groups is 2. The molecule has 0 aromatic heterocycles. The van der Waals surface area contributed by atoms with E-state index in [1.54, 1.807) is 30.3 Å². The van der Waals surface area contributed by atoms with Crippen LogP contribution >= 0.6 is 0 Å². The third kappa shape index (κ3) is 5.31. The zero-order valence-corrected chi connectivity index (χ0v) is 18.5. The number of benzene rings is 4. The molecule has 0 aliphatic carbocycles. The molecule has 0 atom stereocenters. The molecule has 0 bridgehead atoms. The molecule has 9 nitrogen and oxygen atoms in total. The minimum atomic E-state index is -0.623. The maximum Gasteiger partial charge on any atom is 0.343 e. The predicted octanol–water partition coefficient (Wildman–Crippen LogP) is 4.74. The van der Waals surface area contributed by atoms with Crippen molar-refractivity contribution in [1.82, 2.24) is 5.43 Å². The minimum Gasteiger partial charge on any atom is -0.497 e. The Kier molecular flexibility index (Phi) is 6.78. The number of nitrogens with one attached hydrogen (secondary N) is 1. The van der Waals surface area contributed by atoms with Crippen molar-refractivity contribution in [1.29, 1.82) is 0 Å². The van der Waals surface area contributed by atoms with Crippen LogP contribution in [0, 0.1) is 10.1 Å². The van der Waals surface area contributed by atoms with Crippen LogP contribution < -0.4 is 14.9 Å². The highest BCUT2D eigenvalue weighted by Gasteiger charge is 2.15. The first-order chi connectivity index (χ1) is 17.0. The largest absolute Gasteiger partial charge is 0.497 e.